The minimum absolute atomic E-state index is 0.152. The van der Waals surface area contributed by atoms with E-state index in [-0.39, 0.29) is 36.0 Å². The van der Waals surface area contributed by atoms with Crippen LogP contribution in [0.15, 0.2) is 49.1 Å². The largest absolute Gasteiger partial charge is 0.434 e. The summed E-state index contributed by atoms with van der Waals surface area (Å²) in [4.78, 5) is 50.2. The van der Waals surface area contributed by atoms with Crippen LogP contribution in [0.4, 0.5) is 23.4 Å². The van der Waals surface area contributed by atoms with E-state index in [9.17, 15) is 27.6 Å². The Kier molecular flexibility index (Phi) is 9.36. The number of pyridine rings is 1. The summed E-state index contributed by atoms with van der Waals surface area (Å²) in [6.45, 7) is 3.83. The van der Waals surface area contributed by atoms with Crippen LogP contribution in [0.2, 0.25) is 0 Å². The molecule has 8 rings (SSSR count). The van der Waals surface area contributed by atoms with Gasteiger partial charge in [-0.25, -0.2) is 14.4 Å². The van der Waals surface area contributed by atoms with Gasteiger partial charge in [-0.1, -0.05) is 12.1 Å². The Balaban J connectivity index is 0.862. The highest BCUT2D eigenvalue weighted by molar-refractivity contribution is 6.03. The van der Waals surface area contributed by atoms with Gasteiger partial charge in [0.25, 0.3) is 11.8 Å². The number of alkyl halides is 4. The van der Waals surface area contributed by atoms with Gasteiger partial charge in [-0.3, -0.25) is 34.0 Å². The van der Waals surface area contributed by atoms with Gasteiger partial charge in [0.2, 0.25) is 5.91 Å². The molecule has 1 aliphatic carbocycles. The fraction of sp³-hybridized carbons (Fsp3) is 0.459. The molecule has 282 valence electrons. The van der Waals surface area contributed by atoms with Gasteiger partial charge in [0.05, 0.1) is 35.8 Å². The standard InChI is InChI=1S/C37H38F4N10O3/c1-20-34-25(3-2-4-29(34)51(47-20)30-9-10-33(52)46-36(30)54)24-11-12-49(19-26(24)38)17-21-5-7-23(8-6-21)50-18-22-13-32(43-15-27(22)48-50)45-35(53)28-14-42-16-31(44-28)37(39,40)41/h2-4,13-16,18,21,23-24,26,30H,5-12,17,19H2,1H3,(H,45,53)(H,46,52,54)/t21?,23?,24-,26+,30?/m1/s1. The maximum absolute atomic E-state index is 16.0. The van der Waals surface area contributed by atoms with E-state index in [0.717, 1.165) is 72.5 Å². The van der Waals surface area contributed by atoms with E-state index in [2.05, 4.69) is 35.6 Å². The number of hydrogen-bond donors (Lipinski definition) is 2. The molecule has 3 fully saturated rings. The van der Waals surface area contributed by atoms with Crippen molar-refractivity contribution in [2.24, 2.45) is 5.92 Å². The number of hydrogen-bond acceptors (Lipinski definition) is 9. The molecule has 6 heterocycles. The van der Waals surface area contributed by atoms with Gasteiger partial charge < -0.3 is 10.2 Å². The van der Waals surface area contributed by atoms with E-state index in [1.54, 1.807) is 10.7 Å². The van der Waals surface area contributed by atoms with E-state index in [1.165, 1.54) is 6.20 Å². The summed E-state index contributed by atoms with van der Waals surface area (Å²) in [6, 6.07) is 6.98. The van der Waals surface area contributed by atoms with Crippen LogP contribution in [0.3, 0.4) is 0 Å². The lowest BCUT2D eigenvalue weighted by molar-refractivity contribution is -0.141. The monoisotopic (exact) mass is 746 g/mol. The maximum Gasteiger partial charge on any atom is 0.434 e. The first-order valence-corrected chi connectivity index (χ1v) is 18.1. The first-order valence-electron chi connectivity index (χ1n) is 18.1. The van der Waals surface area contributed by atoms with Crippen LogP contribution in [0.5, 0.6) is 0 Å². The molecule has 54 heavy (non-hydrogen) atoms. The number of anilines is 1. The molecular formula is C37H38F4N10O3. The number of halogens is 4. The van der Waals surface area contributed by atoms with Crippen molar-refractivity contribution in [2.75, 3.05) is 25.0 Å². The third-order valence-electron chi connectivity index (χ3n) is 11.0. The molecule has 2 aliphatic heterocycles. The highest BCUT2D eigenvalue weighted by atomic mass is 19.4. The van der Waals surface area contributed by atoms with E-state index < -0.39 is 35.7 Å². The van der Waals surface area contributed by atoms with Gasteiger partial charge in [-0.05, 0) is 75.6 Å². The van der Waals surface area contributed by atoms with Crippen molar-refractivity contribution in [2.45, 2.75) is 82.2 Å². The number of fused-ring (bicyclic) bond motifs is 2. The Morgan fingerprint density at radius 3 is 2.61 bits per heavy atom. The summed E-state index contributed by atoms with van der Waals surface area (Å²) in [5.74, 6) is -1.22. The first-order chi connectivity index (χ1) is 25.9. The van der Waals surface area contributed by atoms with Gasteiger partial charge in [0.15, 0.2) is 5.69 Å². The fourth-order valence-corrected chi connectivity index (χ4v) is 8.31. The summed E-state index contributed by atoms with van der Waals surface area (Å²) in [5.41, 5.74) is 1.33. The molecule has 0 spiro atoms. The minimum atomic E-state index is -4.73. The normalized spacial score (nSPS) is 24.2. The van der Waals surface area contributed by atoms with E-state index in [1.807, 2.05) is 36.0 Å². The highest BCUT2D eigenvalue weighted by Crippen LogP contribution is 2.39. The van der Waals surface area contributed by atoms with E-state index in [0.29, 0.717) is 37.0 Å². The molecule has 3 atom stereocenters. The number of aryl methyl sites for hydroxylation is 1. The molecule has 5 aromatic rings. The predicted molar refractivity (Wildman–Crippen MR) is 188 cm³/mol. The Bertz CT molecular complexity index is 2250. The second-order valence-corrected chi connectivity index (χ2v) is 14.6. The molecule has 2 N–H and O–H groups in total. The van der Waals surface area contributed by atoms with Gasteiger partial charge in [0, 0.05) is 42.4 Å². The number of benzene rings is 1. The third kappa shape index (κ3) is 7.03. The van der Waals surface area contributed by atoms with Gasteiger partial charge >= 0.3 is 6.18 Å². The molecule has 4 aromatic heterocycles. The van der Waals surface area contributed by atoms with E-state index >= 15 is 4.39 Å². The maximum atomic E-state index is 16.0. The van der Waals surface area contributed by atoms with Crippen molar-refractivity contribution < 1.29 is 31.9 Å². The number of nitrogens with one attached hydrogen (secondary N) is 2. The van der Waals surface area contributed by atoms with Crippen molar-refractivity contribution in [3.63, 3.8) is 0 Å². The van der Waals surface area contributed by atoms with Crippen molar-refractivity contribution in [1.82, 2.24) is 44.7 Å². The van der Waals surface area contributed by atoms with Crippen LogP contribution in [-0.4, -0.2) is 82.9 Å². The molecule has 3 amide bonds. The minimum Gasteiger partial charge on any atom is -0.305 e. The second-order valence-electron chi connectivity index (χ2n) is 14.6. The SMILES string of the molecule is Cc1nn(C2CCC(=O)NC2=O)c2cccc([C@H]3CCN(CC4CCC(n5cc6cc(NC(=O)c7cncc(C(F)(F)F)n7)ncc6n5)CC4)C[C@@H]3F)c12. The zero-order chi connectivity index (χ0) is 37.7. The molecule has 2 saturated heterocycles. The van der Waals surface area contributed by atoms with Gasteiger partial charge in [0.1, 0.15) is 29.2 Å². The van der Waals surface area contributed by atoms with Gasteiger partial charge in [-0.2, -0.15) is 23.4 Å². The lowest BCUT2D eigenvalue weighted by atomic mass is 9.83. The zero-order valence-corrected chi connectivity index (χ0v) is 29.4. The number of amides is 3. The molecule has 0 radical (unpaired) electrons. The summed E-state index contributed by atoms with van der Waals surface area (Å²) < 4.78 is 58.7. The quantitative estimate of drug-likeness (QED) is 0.158. The number of likely N-dealkylation sites (tertiary alicyclic amines) is 1. The fourth-order valence-electron chi connectivity index (χ4n) is 8.31. The number of piperidine rings is 2. The van der Waals surface area contributed by atoms with Crippen LogP contribution in [-0.2, 0) is 15.8 Å². The summed E-state index contributed by atoms with van der Waals surface area (Å²) in [6.07, 6.45) is 4.16. The number of imide groups is 1. The van der Waals surface area contributed by atoms with Crippen LogP contribution in [0, 0.1) is 12.8 Å². The Morgan fingerprint density at radius 1 is 1.04 bits per heavy atom. The lowest BCUT2D eigenvalue weighted by Crippen LogP contribution is -2.43. The van der Waals surface area contributed by atoms with Crippen LogP contribution in [0.1, 0.15) is 90.4 Å². The molecular weight excluding hydrogens is 708 g/mol. The third-order valence-corrected chi connectivity index (χ3v) is 11.0. The van der Waals surface area contributed by atoms with Crippen LogP contribution in [0.25, 0.3) is 21.8 Å². The van der Waals surface area contributed by atoms with Crippen LogP contribution >= 0.6 is 0 Å². The summed E-state index contributed by atoms with van der Waals surface area (Å²) in [5, 5.41) is 15.9. The smallest absolute Gasteiger partial charge is 0.305 e. The average Bonchev–Trinajstić information content (AvgIpc) is 3.72. The highest BCUT2D eigenvalue weighted by Gasteiger charge is 2.36. The number of carbonyl (C=O) groups excluding carboxylic acids is 3. The molecule has 0 bridgehead atoms. The van der Waals surface area contributed by atoms with Crippen LogP contribution < -0.4 is 10.6 Å². The van der Waals surface area contributed by atoms with Crippen molar-refractivity contribution in [1.29, 1.82) is 0 Å². The molecule has 13 nitrogen and oxygen atoms in total. The number of aromatic nitrogens is 7. The number of carbonyl (C=O) groups is 3. The Labute approximate surface area is 306 Å². The molecule has 1 unspecified atom stereocenters. The molecule has 1 aromatic carbocycles. The second kappa shape index (κ2) is 14.2. The molecule has 17 heteroatoms. The number of rotatable bonds is 7. The van der Waals surface area contributed by atoms with Crippen molar-refractivity contribution >= 4 is 45.3 Å². The Morgan fingerprint density at radius 2 is 1.85 bits per heavy atom. The summed E-state index contributed by atoms with van der Waals surface area (Å²) >= 11 is 0. The molecule has 3 aliphatic rings. The topological polar surface area (TPSA) is 153 Å². The number of nitrogens with zero attached hydrogens (tertiary/aromatic N) is 8. The van der Waals surface area contributed by atoms with E-state index in [4.69, 9.17) is 5.10 Å². The lowest BCUT2D eigenvalue weighted by Gasteiger charge is -2.38. The van der Waals surface area contributed by atoms with Crippen molar-refractivity contribution in [3.05, 3.63) is 71.7 Å². The molecule has 1 saturated carbocycles. The Hall–Kier alpha value is -5.32. The first kappa shape index (κ1) is 35.7. The predicted octanol–water partition coefficient (Wildman–Crippen LogP) is 5.69. The zero-order valence-electron chi connectivity index (χ0n) is 29.4. The summed E-state index contributed by atoms with van der Waals surface area (Å²) in [7, 11) is 0. The van der Waals surface area contributed by atoms with Gasteiger partial charge in [-0.15, -0.1) is 0 Å². The average molecular weight is 747 g/mol. The van der Waals surface area contributed by atoms with Crippen molar-refractivity contribution in [3.8, 4) is 0 Å².